The van der Waals surface area contributed by atoms with Crippen molar-refractivity contribution in [2.24, 2.45) is 5.92 Å². The van der Waals surface area contributed by atoms with Gasteiger partial charge in [0, 0.05) is 19.1 Å². The second kappa shape index (κ2) is 4.99. The highest BCUT2D eigenvalue weighted by molar-refractivity contribution is 5.36. The molecule has 3 heteroatoms. The van der Waals surface area contributed by atoms with Gasteiger partial charge in [-0.3, -0.25) is 4.90 Å². The molecule has 2 bridgehead atoms. The van der Waals surface area contributed by atoms with Crippen LogP contribution in [0.3, 0.4) is 0 Å². The normalized spacial score (nSPS) is 26.2. The highest BCUT2D eigenvalue weighted by atomic mass is 16.5. The number of ether oxygens (including phenoxy) is 1. The summed E-state index contributed by atoms with van der Waals surface area (Å²) in [6.45, 7) is 2.99. The minimum absolute atomic E-state index is 0.660. The summed E-state index contributed by atoms with van der Waals surface area (Å²) < 4.78 is 5.73. The lowest BCUT2D eigenvalue weighted by molar-refractivity contribution is 0.172. The Bertz CT molecular complexity index is 466. The Morgan fingerprint density at radius 2 is 2.33 bits per heavy atom. The van der Waals surface area contributed by atoms with Crippen molar-refractivity contribution in [1.82, 2.24) is 4.90 Å². The van der Waals surface area contributed by atoms with Crippen molar-refractivity contribution < 1.29 is 4.74 Å². The average molecular weight is 242 g/mol. The molecule has 3 nitrogen and oxygen atoms in total. The van der Waals surface area contributed by atoms with Crippen LogP contribution >= 0.6 is 0 Å². The number of fused-ring (bicyclic) bond motifs is 2. The number of nitriles is 1. The summed E-state index contributed by atoms with van der Waals surface area (Å²) >= 11 is 0. The zero-order valence-corrected chi connectivity index (χ0v) is 10.5. The third-order valence-electron chi connectivity index (χ3n) is 4.13. The van der Waals surface area contributed by atoms with Crippen molar-refractivity contribution in [2.75, 3.05) is 19.7 Å². The fourth-order valence-corrected chi connectivity index (χ4v) is 3.24. The molecule has 0 aromatic heterocycles. The van der Waals surface area contributed by atoms with E-state index in [4.69, 9.17) is 10.00 Å². The number of benzene rings is 1. The van der Waals surface area contributed by atoms with E-state index < -0.39 is 0 Å². The molecule has 1 aromatic carbocycles. The number of rotatable bonds is 4. The van der Waals surface area contributed by atoms with Crippen molar-refractivity contribution in [2.45, 2.75) is 25.3 Å². The molecule has 3 rings (SSSR count). The lowest BCUT2D eigenvalue weighted by Gasteiger charge is -2.26. The molecule has 0 radical (unpaired) electrons. The van der Waals surface area contributed by atoms with E-state index in [2.05, 4.69) is 11.0 Å². The molecule has 1 heterocycles. The first kappa shape index (κ1) is 11.6. The molecular formula is C15H18N2O. The van der Waals surface area contributed by atoms with Crippen molar-refractivity contribution >= 4 is 0 Å². The molecule has 0 amide bonds. The molecule has 2 unspecified atom stereocenters. The van der Waals surface area contributed by atoms with E-state index in [1.54, 1.807) is 12.1 Å². The maximum Gasteiger partial charge on any atom is 0.120 e. The first-order valence-electron chi connectivity index (χ1n) is 6.72. The lowest BCUT2D eigenvalue weighted by atomic mass is 10.1. The Morgan fingerprint density at radius 1 is 1.39 bits per heavy atom. The summed E-state index contributed by atoms with van der Waals surface area (Å²) in [5.74, 6) is 1.75. The zero-order chi connectivity index (χ0) is 12.4. The van der Waals surface area contributed by atoms with Crippen molar-refractivity contribution in [3.8, 4) is 11.8 Å². The lowest BCUT2D eigenvalue weighted by Crippen LogP contribution is -2.35. The molecule has 2 fully saturated rings. The minimum atomic E-state index is 0.660. The molecule has 1 aromatic rings. The van der Waals surface area contributed by atoms with Gasteiger partial charge in [0.1, 0.15) is 12.4 Å². The highest BCUT2D eigenvalue weighted by Gasteiger charge is 2.37. The topological polar surface area (TPSA) is 36.3 Å². The van der Waals surface area contributed by atoms with Gasteiger partial charge in [0.15, 0.2) is 0 Å². The fourth-order valence-electron chi connectivity index (χ4n) is 3.24. The molecule has 2 atom stereocenters. The summed E-state index contributed by atoms with van der Waals surface area (Å²) in [5, 5.41) is 8.82. The van der Waals surface area contributed by atoms with Crippen LogP contribution in [0, 0.1) is 17.2 Å². The third kappa shape index (κ3) is 2.34. The maximum atomic E-state index is 8.82. The Balaban J connectivity index is 1.48. The standard InChI is InChI=1S/C15H18N2O/c16-10-12-2-1-3-15(9-12)18-7-6-17-11-13-4-5-14(17)8-13/h1-3,9,13-14H,4-8,11H2. The Labute approximate surface area is 108 Å². The average Bonchev–Trinajstić information content (AvgIpc) is 3.01. The molecule has 18 heavy (non-hydrogen) atoms. The predicted octanol–water partition coefficient (Wildman–Crippen LogP) is 2.42. The summed E-state index contributed by atoms with van der Waals surface area (Å²) in [7, 11) is 0. The summed E-state index contributed by atoms with van der Waals surface area (Å²) in [4.78, 5) is 2.56. The van der Waals surface area contributed by atoms with E-state index in [1.165, 1.54) is 25.8 Å². The van der Waals surface area contributed by atoms with E-state index in [0.29, 0.717) is 5.56 Å². The van der Waals surface area contributed by atoms with Gasteiger partial charge in [0.2, 0.25) is 0 Å². The van der Waals surface area contributed by atoms with Crippen molar-refractivity contribution in [3.63, 3.8) is 0 Å². The second-order valence-electron chi connectivity index (χ2n) is 5.32. The molecule has 1 aliphatic carbocycles. The molecule has 0 spiro atoms. The number of nitrogens with zero attached hydrogens (tertiary/aromatic N) is 2. The van der Waals surface area contributed by atoms with Crippen LogP contribution in [0.5, 0.6) is 5.75 Å². The minimum Gasteiger partial charge on any atom is -0.492 e. The molecule has 1 saturated carbocycles. The number of hydrogen-bond donors (Lipinski definition) is 0. The third-order valence-corrected chi connectivity index (χ3v) is 4.13. The van der Waals surface area contributed by atoms with E-state index in [0.717, 1.165) is 30.9 Å². The Hall–Kier alpha value is -1.53. The number of piperidine rings is 1. The van der Waals surface area contributed by atoms with Crippen LogP contribution in [-0.4, -0.2) is 30.6 Å². The molecule has 0 N–H and O–H groups in total. The summed E-state index contributed by atoms with van der Waals surface area (Å²) in [6.07, 6.45) is 4.19. The summed E-state index contributed by atoms with van der Waals surface area (Å²) in [6, 6.07) is 10.3. The SMILES string of the molecule is N#Cc1cccc(OCCN2CC3CCC2C3)c1. The molecule has 1 saturated heterocycles. The number of likely N-dealkylation sites (tertiary alicyclic amines) is 1. The zero-order valence-electron chi connectivity index (χ0n) is 10.5. The maximum absolute atomic E-state index is 8.82. The van der Waals surface area contributed by atoms with Crippen LogP contribution in [0.4, 0.5) is 0 Å². The smallest absolute Gasteiger partial charge is 0.120 e. The molecule has 2 aliphatic rings. The quantitative estimate of drug-likeness (QED) is 0.813. The van der Waals surface area contributed by atoms with Crippen LogP contribution in [0.1, 0.15) is 24.8 Å². The Kier molecular flexibility index (Phi) is 3.21. The van der Waals surface area contributed by atoms with Crippen LogP contribution < -0.4 is 4.74 Å². The number of hydrogen-bond acceptors (Lipinski definition) is 3. The van der Waals surface area contributed by atoms with Gasteiger partial charge in [-0.25, -0.2) is 0 Å². The molecule has 94 valence electrons. The molecular weight excluding hydrogens is 224 g/mol. The van der Waals surface area contributed by atoms with Gasteiger partial charge < -0.3 is 4.74 Å². The van der Waals surface area contributed by atoms with Gasteiger partial charge in [-0.05, 0) is 43.4 Å². The van der Waals surface area contributed by atoms with E-state index in [-0.39, 0.29) is 0 Å². The highest BCUT2D eigenvalue weighted by Crippen LogP contribution is 2.36. The van der Waals surface area contributed by atoms with Crippen LogP contribution in [0.2, 0.25) is 0 Å². The van der Waals surface area contributed by atoms with Gasteiger partial charge >= 0.3 is 0 Å². The predicted molar refractivity (Wildman–Crippen MR) is 69.4 cm³/mol. The van der Waals surface area contributed by atoms with Crippen LogP contribution in [-0.2, 0) is 0 Å². The Morgan fingerprint density at radius 3 is 3.06 bits per heavy atom. The largest absolute Gasteiger partial charge is 0.492 e. The van der Waals surface area contributed by atoms with Gasteiger partial charge in [0.25, 0.3) is 0 Å². The van der Waals surface area contributed by atoms with Gasteiger partial charge in [0.05, 0.1) is 11.6 Å². The first-order chi connectivity index (χ1) is 8.85. The summed E-state index contributed by atoms with van der Waals surface area (Å²) in [5.41, 5.74) is 0.660. The van der Waals surface area contributed by atoms with Gasteiger partial charge in [-0.2, -0.15) is 5.26 Å². The van der Waals surface area contributed by atoms with E-state index in [9.17, 15) is 0 Å². The van der Waals surface area contributed by atoms with Crippen molar-refractivity contribution in [1.29, 1.82) is 5.26 Å². The molecule has 1 aliphatic heterocycles. The monoisotopic (exact) mass is 242 g/mol. The van der Waals surface area contributed by atoms with Gasteiger partial charge in [-0.15, -0.1) is 0 Å². The van der Waals surface area contributed by atoms with Crippen LogP contribution in [0.15, 0.2) is 24.3 Å². The van der Waals surface area contributed by atoms with Crippen molar-refractivity contribution in [3.05, 3.63) is 29.8 Å². The second-order valence-corrected chi connectivity index (χ2v) is 5.32. The fraction of sp³-hybridized carbons (Fsp3) is 0.533. The van der Waals surface area contributed by atoms with E-state index in [1.807, 2.05) is 12.1 Å². The van der Waals surface area contributed by atoms with Gasteiger partial charge in [-0.1, -0.05) is 6.07 Å². The first-order valence-corrected chi connectivity index (χ1v) is 6.72. The van der Waals surface area contributed by atoms with E-state index >= 15 is 0 Å². The van der Waals surface area contributed by atoms with Crippen LogP contribution in [0.25, 0.3) is 0 Å².